The summed E-state index contributed by atoms with van der Waals surface area (Å²) in [5.41, 5.74) is 4.58. The molecule has 1 atom stereocenters. The summed E-state index contributed by atoms with van der Waals surface area (Å²) in [5, 5.41) is 6.52. The lowest BCUT2D eigenvalue weighted by Gasteiger charge is -2.23. The zero-order chi connectivity index (χ0) is 18.9. The topological polar surface area (TPSA) is 50.4 Å². The monoisotopic (exact) mass is 400 g/mol. The highest BCUT2D eigenvalue weighted by atomic mass is 35.5. The number of aryl methyl sites for hydroxylation is 2. The molecule has 4 nitrogen and oxygen atoms in total. The maximum absolute atomic E-state index is 12.7. The van der Waals surface area contributed by atoms with Crippen LogP contribution in [0.3, 0.4) is 0 Å². The second-order valence-electron chi connectivity index (χ2n) is 8.11. The van der Waals surface area contributed by atoms with Crippen LogP contribution >= 0.6 is 12.4 Å². The van der Waals surface area contributed by atoms with E-state index in [-0.39, 0.29) is 29.6 Å². The van der Waals surface area contributed by atoms with Crippen LogP contribution in [-0.2, 0) is 11.4 Å². The van der Waals surface area contributed by atoms with Crippen molar-refractivity contribution >= 4 is 24.0 Å². The van der Waals surface area contributed by atoms with E-state index >= 15 is 0 Å². The van der Waals surface area contributed by atoms with Crippen LogP contribution in [0.2, 0.25) is 0 Å². The number of hydrogen-bond acceptors (Lipinski definition) is 3. The molecule has 150 valence electrons. The predicted molar refractivity (Wildman–Crippen MR) is 115 cm³/mol. The average Bonchev–Trinajstić information content (AvgIpc) is 3.35. The fraction of sp³-hybridized carbons (Fsp3) is 0.435. The molecule has 28 heavy (non-hydrogen) atoms. The van der Waals surface area contributed by atoms with Gasteiger partial charge in [0, 0.05) is 11.6 Å². The van der Waals surface area contributed by atoms with Gasteiger partial charge in [0.05, 0.1) is 0 Å². The van der Waals surface area contributed by atoms with Gasteiger partial charge in [0.2, 0.25) is 5.91 Å². The molecule has 1 unspecified atom stereocenters. The van der Waals surface area contributed by atoms with E-state index in [9.17, 15) is 4.79 Å². The lowest BCUT2D eigenvalue weighted by molar-refractivity contribution is -0.118. The number of rotatable bonds is 5. The summed E-state index contributed by atoms with van der Waals surface area (Å²) in [7, 11) is 0. The quantitative estimate of drug-likeness (QED) is 0.769. The van der Waals surface area contributed by atoms with Crippen molar-refractivity contribution in [2.45, 2.75) is 39.7 Å². The van der Waals surface area contributed by atoms with Gasteiger partial charge in [0.15, 0.2) is 0 Å². The van der Waals surface area contributed by atoms with E-state index in [4.69, 9.17) is 4.74 Å². The molecular formula is C23H29ClN2O2. The number of amides is 1. The van der Waals surface area contributed by atoms with Gasteiger partial charge in [-0.1, -0.05) is 29.8 Å². The molecule has 0 radical (unpaired) electrons. The van der Waals surface area contributed by atoms with Gasteiger partial charge in [0.25, 0.3) is 0 Å². The molecule has 2 fully saturated rings. The molecule has 1 aliphatic heterocycles. The molecule has 0 aromatic heterocycles. The average molecular weight is 401 g/mol. The van der Waals surface area contributed by atoms with Crippen LogP contribution in [0.25, 0.3) is 0 Å². The van der Waals surface area contributed by atoms with Crippen LogP contribution in [0.5, 0.6) is 5.75 Å². The van der Waals surface area contributed by atoms with E-state index in [1.807, 2.05) is 31.2 Å². The summed E-state index contributed by atoms with van der Waals surface area (Å²) >= 11 is 0. The molecule has 1 spiro atoms. The van der Waals surface area contributed by atoms with Crippen LogP contribution in [0.4, 0.5) is 5.69 Å². The number of anilines is 1. The van der Waals surface area contributed by atoms with Gasteiger partial charge < -0.3 is 15.4 Å². The van der Waals surface area contributed by atoms with Crippen molar-refractivity contribution in [1.82, 2.24) is 5.32 Å². The highest BCUT2D eigenvalue weighted by molar-refractivity contribution is 5.95. The molecule has 1 saturated heterocycles. The number of nitrogens with one attached hydrogen (secondary N) is 2. The largest absolute Gasteiger partial charge is 0.489 e. The Hall–Kier alpha value is -2.04. The molecule has 1 saturated carbocycles. The first kappa shape index (κ1) is 20.7. The van der Waals surface area contributed by atoms with Gasteiger partial charge in [-0.15, -0.1) is 12.4 Å². The Kier molecular flexibility index (Phi) is 6.31. The Morgan fingerprint density at radius 1 is 1.18 bits per heavy atom. The fourth-order valence-corrected chi connectivity index (χ4v) is 4.25. The van der Waals surface area contributed by atoms with Crippen molar-refractivity contribution in [3.05, 3.63) is 59.2 Å². The lowest BCUT2D eigenvalue weighted by Crippen LogP contribution is -2.31. The Morgan fingerprint density at radius 2 is 1.96 bits per heavy atom. The van der Waals surface area contributed by atoms with Crippen LogP contribution in [0.15, 0.2) is 42.5 Å². The molecule has 0 bridgehead atoms. The van der Waals surface area contributed by atoms with Crippen molar-refractivity contribution in [3.8, 4) is 5.75 Å². The summed E-state index contributed by atoms with van der Waals surface area (Å²) < 4.78 is 5.92. The Bertz CT molecular complexity index is 846. The van der Waals surface area contributed by atoms with E-state index in [1.54, 1.807) is 0 Å². The first-order chi connectivity index (χ1) is 13.1. The van der Waals surface area contributed by atoms with Gasteiger partial charge in [-0.25, -0.2) is 0 Å². The first-order valence-electron chi connectivity index (χ1n) is 9.86. The third-order valence-corrected chi connectivity index (χ3v) is 6.05. The van der Waals surface area contributed by atoms with E-state index in [0.717, 1.165) is 54.9 Å². The SMILES string of the molecule is Cc1cccc(COc2ccc(NC(=O)C3CC34CCNCC4)c(C)c2)c1.Cl. The van der Waals surface area contributed by atoms with Gasteiger partial charge in [-0.05, 0) is 80.9 Å². The van der Waals surface area contributed by atoms with Crippen LogP contribution in [-0.4, -0.2) is 19.0 Å². The number of piperidine rings is 1. The number of ether oxygens (including phenoxy) is 1. The van der Waals surface area contributed by atoms with E-state index < -0.39 is 0 Å². The second-order valence-corrected chi connectivity index (χ2v) is 8.11. The molecule has 1 heterocycles. The Labute approximate surface area is 173 Å². The summed E-state index contributed by atoms with van der Waals surface area (Å²) in [6.45, 7) is 6.72. The molecule has 2 aliphatic rings. The summed E-state index contributed by atoms with van der Waals surface area (Å²) in [6.07, 6.45) is 3.28. The molecule has 2 aromatic carbocycles. The van der Waals surface area contributed by atoms with Crippen molar-refractivity contribution in [1.29, 1.82) is 0 Å². The van der Waals surface area contributed by atoms with Crippen molar-refractivity contribution in [2.24, 2.45) is 11.3 Å². The zero-order valence-electron chi connectivity index (χ0n) is 16.6. The van der Waals surface area contributed by atoms with Crippen LogP contribution in [0.1, 0.15) is 36.0 Å². The standard InChI is InChI=1S/C23H28N2O2.ClH/c1-16-4-3-5-18(12-16)15-27-19-6-7-21(17(2)13-19)25-22(26)20-14-23(20)8-10-24-11-9-23;/h3-7,12-13,20,24H,8-11,14-15H2,1-2H3,(H,25,26);1H. The fourth-order valence-electron chi connectivity index (χ4n) is 4.25. The lowest BCUT2D eigenvalue weighted by atomic mass is 9.91. The number of halogens is 1. The van der Waals surface area contributed by atoms with Gasteiger partial charge in [-0.3, -0.25) is 4.79 Å². The minimum Gasteiger partial charge on any atom is -0.489 e. The third-order valence-electron chi connectivity index (χ3n) is 6.05. The van der Waals surface area contributed by atoms with Crippen molar-refractivity contribution in [2.75, 3.05) is 18.4 Å². The van der Waals surface area contributed by atoms with Gasteiger partial charge >= 0.3 is 0 Å². The minimum atomic E-state index is 0. The maximum Gasteiger partial charge on any atom is 0.228 e. The van der Waals surface area contributed by atoms with Gasteiger partial charge in [0.1, 0.15) is 12.4 Å². The van der Waals surface area contributed by atoms with Crippen LogP contribution < -0.4 is 15.4 Å². The zero-order valence-corrected chi connectivity index (χ0v) is 17.4. The summed E-state index contributed by atoms with van der Waals surface area (Å²) in [5.74, 6) is 1.18. The minimum absolute atomic E-state index is 0. The smallest absolute Gasteiger partial charge is 0.228 e. The molecule has 1 aliphatic carbocycles. The van der Waals surface area contributed by atoms with Crippen LogP contribution in [0, 0.1) is 25.2 Å². The molecule has 2 N–H and O–H groups in total. The number of carbonyl (C=O) groups excluding carboxylic acids is 1. The normalized spacial score (nSPS) is 19.6. The van der Waals surface area contributed by atoms with E-state index in [0.29, 0.717) is 6.61 Å². The third kappa shape index (κ3) is 4.50. The highest BCUT2D eigenvalue weighted by Crippen LogP contribution is 2.58. The van der Waals surface area contributed by atoms with Gasteiger partial charge in [-0.2, -0.15) is 0 Å². The Balaban J connectivity index is 0.00000225. The first-order valence-corrected chi connectivity index (χ1v) is 9.86. The Morgan fingerprint density at radius 3 is 2.68 bits per heavy atom. The predicted octanol–water partition coefficient (Wildman–Crippen LogP) is 4.63. The van der Waals surface area contributed by atoms with Crippen molar-refractivity contribution < 1.29 is 9.53 Å². The summed E-state index contributed by atoms with van der Waals surface area (Å²) in [4.78, 5) is 12.7. The summed E-state index contributed by atoms with van der Waals surface area (Å²) in [6, 6.07) is 14.2. The van der Waals surface area contributed by atoms with E-state index in [2.05, 4.69) is 35.8 Å². The number of hydrogen-bond donors (Lipinski definition) is 2. The molecular weight excluding hydrogens is 372 g/mol. The van der Waals surface area contributed by atoms with Crippen molar-refractivity contribution in [3.63, 3.8) is 0 Å². The highest BCUT2D eigenvalue weighted by Gasteiger charge is 2.57. The maximum atomic E-state index is 12.7. The number of carbonyl (C=O) groups is 1. The molecule has 4 rings (SSSR count). The second kappa shape index (κ2) is 8.54. The molecule has 1 amide bonds. The molecule has 5 heteroatoms. The molecule has 2 aromatic rings. The van der Waals surface area contributed by atoms with E-state index in [1.165, 1.54) is 5.56 Å². The number of benzene rings is 2.